The molecule has 1 rings (SSSR count). The third-order valence-corrected chi connectivity index (χ3v) is 1.62. The van der Waals surface area contributed by atoms with Gasteiger partial charge < -0.3 is 15.2 Å². The summed E-state index contributed by atoms with van der Waals surface area (Å²) in [5.41, 5.74) is 0. The minimum absolute atomic E-state index is 0.0398. The van der Waals surface area contributed by atoms with Crippen LogP contribution in [0, 0.1) is 0 Å². The zero-order valence-corrected chi connectivity index (χ0v) is 6.27. The Morgan fingerprint density at radius 1 is 1.50 bits per heavy atom. The third-order valence-electron chi connectivity index (χ3n) is 1.62. The molecule has 1 aliphatic rings. The van der Waals surface area contributed by atoms with Crippen LogP contribution in [0.5, 0.6) is 0 Å². The van der Waals surface area contributed by atoms with Crippen LogP contribution in [0.25, 0.3) is 0 Å². The number of hydrogen-bond donors (Lipinski definition) is 2. The van der Waals surface area contributed by atoms with Crippen LogP contribution in [0.15, 0.2) is 0 Å². The highest BCUT2D eigenvalue weighted by atomic mass is 19.4. The molecule has 1 fully saturated rings. The molecular weight excluding hydrogens is 175 g/mol. The van der Waals surface area contributed by atoms with E-state index in [9.17, 15) is 13.2 Å². The molecule has 0 aromatic rings. The van der Waals surface area contributed by atoms with Crippen LogP contribution >= 0.6 is 0 Å². The van der Waals surface area contributed by atoms with Gasteiger partial charge in [0.25, 0.3) is 0 Å². The molecule has 0 bridgehead atoms. The summed E-state index contributed by atoms with van der Waals surface area (Å²) in [7, 11) is 0. The summed E-state index contributed by atoms with van der Waals surface area (Å²) in [4.78, 5) is 0. The number of nitrogens with one attached hydrogen (secondary N) is 1. The molecule has 0 aliphatic carbocycles. The minimum atomic E-state index is -4.53. The molecule has 0 spiro atoms. The maximum atomic E-state index is 11.7. The summed E-state index contributed by atoms with van der Waals surface area (Å²) >= 11 is 0. The highest BCUT2D eigenvalue weighted by Crippen LogP contribution is 2.19. The van der Waals surface area contributed by atoms with E-state index in [0.717, 1.165) is 0 Å². The van der Waals surface area contributed by atoms with Gasteiger partial charge in [0, 0.05) is 6.54 Å². The van der Waals surface area contributed by atoms with E-state index in [2.05, 4.69) is 5.32 Å². The van der Waals surface area contributed by atoms with Gasteiger partial charge in [-0.1, -0.05) is 0 Å². The van der Waals surface area contributed by atoms with Gasteiger partial charge in [-0.3, -0.25) is 0 Å². The zero-order chi connectivity index (χ0) is 9.19. The molecule has 6 heteroatoms. The van der Waals surface area contributed by atoms with Crippen LogP contribution in [0.2, 0.25) is 0 Å². The SMILES string of the molecule is O[C@H](CNC1COC1)C(F)(F)F. The summed E-state index contributed by atoms with van der Waals surface area (Å²) in [5, 5.41) is 11.1. The van der Waals surface area contributed by atoms with E-state index in [1.165, 1.54) is 0 Å². The van der Waals surface area contributed by atoms with Crippen LogP contribution in [-0.2, 0) is 4.74 Å². The molecule has 0 saturated carbocycles. The van der Waals surface area contributed by atoms with Crippen molar-refractivity contribution in [2.75, 3.05) is 19.8 Å². The molecule has 0 aromatic carbocycles. The standard InChI is InChI=1S/C6H10F3NO2/c7-6(8,9)5(11)1-10-4-2-12-3-4/h4-5,10-11H,1-3H2/t5-/m1/s1. The van der Waals surface area contributed by atoms with Crippen molar-refractivity contribution in [3.05, 3.63) is 0 Å². The number of rotatable bonds is 3. The van der Waals surface area contributed by atoms with E-state index < -0.39 is 18.8 Å². The lowest BCUT2D eigenvalue weighted by Gasteiger charge is -2.28. The Balaban J connectivity index is 2.13. The van der Waals surface area contributed by atoms with Gasteiger partial charge in [-0.15, -0.1) is 0 Å². The number of aliphatic hydroxyl groups excluding tert-OH is 1. The Hall–Kier alpha value is -0.330. The molecule has 1 heterocycles. The lowest BCUT2D eigenvalue weighted by molar-refractivity contribution is -0.203. The van der Waals surface area contributed by atoms with Crippen LogP contribution in [-0.4, -0.2) is 43.2 Å². The third kappa shape index (κ3) is 2.62. The summed E-state index contributed by atoms with van der Waals surface area (Å²) < 4.78 is 39.8. The van der Waals surface area contributed by atoms with Gasteiger partial charge in [0.15, 0.2) is 6.10 Å². The first-order chi connectivity index (χ1) is 5.50. The minimum Gasteiger partial charge on any atom is -0.382 e. The molecule has 0 amide bonds. The van der Waals surface area contributed by atoms with E-state index in [4.69, 9.17) is 9.84 Å². The molecule has 12 heavy (non-hydrogen) atoms. The van der Waals surface area contributed by atoms with Gasteiger partial charge in [-0.2, -0.15) is 13.2 Å². The molecule has 2 N–H and O–H groups in total. The van der Waals surface area contributed by atoms with Crippen molar-refractivity contribution < 1.29 is 23.0 Å². The molecule has 72 valence electrons. The monoisotopic (exact) mass is 185 g/mol. The Labute approximate surface area is 67.5 Å². The summed E-state index contributed by atoms with van der Waals surface area (Å²) in [5.74, 6) is 0. The fourth-order valence-corrected chi connectivity index (χ4v) is 0.748. The second kappa shape index (κ2) is 3.59. The van der Waals surface area contributed by atoms with E-state index in [1.807, 2.05) is 0 Å². The van der Waals surface area contributed by atoms with Gasteiger partial charge in [0.1, 0.15) is 0 Å². The van der Waals surface area contributed by atoms with Gasteiger partial charge in [-0.25, -0.2) is 0 Å². The lowest BCUT2D eigenvalue weighted by Crippen LogP contribution is -2.50. The highest BCUT2D eigenvalue weighted by molar-refractivity contribution is 4.76. The number of ether oxygens (including phenoxy) is 1. The Morgan fingerprint density at radius 3 is 2.42 bits per heavy atom. The topological polar surface area (TPSA) is 41.5 Å². The van der Waals surface area contributed by atoms with Gasteiger partial charge >= 0.3 is 6.18 Å². The zero-order valence-electron chi connectivity index (χ0n) is 6.27. The van der Waals surface area contributed by atoms with Crippen LogP contribution in [0.3, 0.4) is 0 Å². The molecule has 1 aliphatic heterocycles. The maximum absolute atomic E-state index is 11.7. The quantitative estimate of drug-likeness (QED) is 0.645. The predicted molar refractivity (Wildman–Crippen MR) is 34.7 cm³/mol. The first-order valence-electron chi connectivity index (χ1n) is 3.56. The lowest BCUT2D eigenvalue weighted by atomic mass is 10.2. The molecule has 1 saturated heterocycles. The number of hydrogen-bond acceptors (Lipinski definition) is 3. The average Bonchev–Trinajstić information content (AvgIpc) is 1.81. The van der Waals surface area contributed by atoms with Crippen molar-refractivity contribution in [2.45, 2.75) is 18.3 Å². The largest absolute Gasteiger partial charge is 0.415 e. The molecule has 0 unspecified atom stereocenters. The Morgan fingerprint density at radius 2 is 2.08 bits per heavy atom. The number of aliphatic hydroxyl groups is 1. The van der Waals surface area contributed by atoms with E-state index in [-0.39, 0.29) is 6.04 Å². The number of halogens is 3. The van der Waals surface area contributed by atoms with E-state index in [0.29, 0.717) is 13.2 Å². The van der Waals surface area contributed by atoms with Gasteiger partial charge in [0.05, 0.1) is 19.3 Å². The van der Waals surface area contributed by atoms with Crippen molar-refractivity contribution in [1.82, 2.24) is 5.32 Å². The predicted octanol–water partition coefficient (Wildman–Crippen LogP) is -0.102. The Kier molecular flexibility index (Phi) is 2.92. The first kappa shape index (κ1) is 9.76. The van der Waals surface area contributed by atoms with Crippen molar-refractivity contribution in [1.29, 1.82) is 0 Å². The fourth-order valence-electron chi connectivity index (χ4n) is 0.748. The van der Waals surface area contributed by atoms with Crippen LogP contribution in [0.1, 0.15) is 0 Å². The number of alkyl halides is 3. The average molecular weight is 185 g/mol. The van der Waals surface area contributed by atoms with Crippen molar-refractivity contribution in [2.24, 2.45) is 0 Å². The smallest absolute Gasteiger partial charge is 0.382 e. The summed E-state index contributed by atoms with van der Waals surface area (Å²) in [6.45, 7) is 0.382. The first-order valence-corrected chi connectivity index (χ1v) is 3.56. The second-order valence-electron chi connectivity index (χ2n) is 2.70. The van der Waals surface area contributed by atoms with E-state index >= 15 is 0 Å². The summed E-state index contributed by atoms with van der Waals surface area (Å²) in [6.07, 6.45) is -6.81. The maximum Gasteiger partial charge on any atom is 0.415 e. The van der Waals surface area contributed by atoms with Gasteiger partial charge in [-0.05, 0) is 0 Å². The van der Waals surface area contributed by atoms with Crippen molar-refractivity contribution in [3.8, 4) is 0 Å². The van der Waals surface area contributed by atoms with Crippen LogP contribution in [0.4, 0.5) is 13.2 Å². The highest BCUT2D eigenvalue weighted by Gasteiger charge is 2.38. The molecule has 1 atom stereocenters. The fraction of sp³-hybridized carbons (Fsp3) is 1.00. The van der Waals surface area contributed by atoms with Crippen LogP contribution < -0.4 is 5.32 Å². The Bertz CT molecular complexity index is 146. The van der Waals surface area contributed by atoms with Crippen molar-refractivity contribution in [3.63, 3.8) is 0 Å². The second-order valence-corrected chi connectivity index (χ2v) is 2.70. The molecule has 0 aromatic heterocycles. The summed E-state index contributed by atoms with van der Waals surface area (Å²) in [6, 6.07) is -0.0398. The molecule has 0 radical (unpaired) electrons. The van der Waals surface area contributed by atoms with Gasteiger partial charge in [0.2, 0.25) is 0 Å². The van der Waals surface area contributed by atoms with Crippen molar-refractivity contribution >= 4 is 0 Å². The molecule has 3 nitrogen and oxygen atoms in total. The van der Waals surface area contributed by atoms with E-state index in [1.54, 1.807) is 0 Å². The normalized spacial score (nSPS) is 22.0. The molecular formula is C6H10F3NO2.